The van der Waals surface area contributed by atoms with Gasteiger partial charge in [-0.2, -0.15) is 0 Å². The molecule has 0 saturated carbocycles. The van der Waals surface area contributed by atoms with E-state index in [1.165, 1.54) is 22.9 Å². The molecule has 1 fully saturated rings. The molecule has 6 nitrogen and oxygen atoms in total. The van der Waals surface area contributed by atoms with Gasteiger partial charge in [-0.1, -0.05) is 17.8 Å². The Balaban J connectivity index is 1.55. The summed E-state index contributed by atoms with van der Waals surface area (Å²) in [7, 11) is 0. The Kier molecular flexibility index (Phi) is 6.78. The summed E-state index contributed by atoms with van der Waals surface area (Å²) in [6, 6.07) is 6.29. The van der Waals surface area contributed by atoms with Gasteiger partial charge in [0.05, 0.1) is 18.3 Å². The highest BCUT2D eigenvalue weighted by atomic mass is 32.2. The number of hydrogen-bond donors (Lipinski definition) is 0. The zero-order chi connectivity index (χ0) is 20.1. The van der Waals surface area contributed by atoms with E-state index in [1.807, 2.05) is 22.6 Å². The molecular formula is C21H27N3O3S. The van der Waals surface area contributed by atoms with Crippen molar-refractivity contribution in [2.75, 3.05) is 25.4 Å². The number of amides is 1. The maximum Gasteiger partial charge on any atom is 0.309 e. The number of nitrogens with zero attached hydrogens (tertiary/aromatic N) is 3. The summed E-state index contributed by atoms with van der Waals surface area (Å²) in [6.45, 7) is 7.61. The molecule has 1 amide bonds. The molecule has 0 unspecified atom stereocenters. The fourth-order valence-electron chi connectivity index (χ4n) is 3.31. The Morgan fingerprint density at radius 3 is 2.64 bits per heavy atom. The van der Waals surface area contributed by atoms with Crippen LogP contribution in [0.3, 0.4) is 0 Å². The predicted molar refractivity (Wildman–Crippen MR) is 110 cm³/mol. The molecule has 0 bridgehead atoms. The van der Waals surface area contributed by atoms with E-state index in [1.54, 1.807) is 6.20 Å². The van der Waals surface area contributed by atoms with Crippen molar-refractivity contribution in [3.8, 4) is 5.69 Å². The Hall–Kier alpha value is -2.28. The van der Waals surface area contributed by atoms with Crippen LogP contribution in [-0.2, 0) is 14.3 Å². The van der Waals surface area contributed by atoms with Crippen molar-refractivity contribution in [3.63, 3.8) is 0 Å². The fourth-order valence-corrected chi connectivity index (χ4v) is 4.19. The number of likely N-dealkylation sites (tertiary alicyclic amines) is 1. The van der Waals surface area contributed by atoms with Gasteiger partial charge in [0.2, 0.25) is 5.91 Å². The van der Waals surface area contributed by atoms with E-state index in [0.717, 1.165) is 10.8 Å². The van der Waals surface area contributed by atoms with E-state index in [4.69, 9.17) is 4.74 Å². The molecule has 1 aromatic carbocycles. The zero-order valence-corrected chi connectivity index (χ0v) is 17.5. The molecule has 2 aromatic rings. The van der Waals surface area contributed by atoms with Crippen molar-refractivity contribution in [2.45, 2.75) is 38.8 Å². The van der Waals surface area contributed by atoms with Crippen molar-refractivity contribution in [1.82, 2.24) is 14.5 Å². The number of carbonyl (C=O) groups excluding carboxylic acids is 2. The average Bonchev–Trinajstić information content (AvgIpc) is 3.17. The van der Waals surface area contributed by atoms with Gasteiger partial charge in [0.25, 0.3) is 0 Å². The van der Waals surface area contributed by atoms with Crippen molar-refractivity contribution < 1.29 is 14.3 Å². The van der Waals surface area contributed by atoms with Crippen LogP contribution in [0.5, 0.6) is 0 Å². The van der Waals surface area contributed by atoms with Gasteiger partial charge in [-0.25, -0.2) is 4.98 Å². The topological polar surface area (TPSA) is 64.4 Å². The lowest BCUT2D eigenvalue weighted by atomic mass is 9.97. The smallest absolute Gasteiger partial charge is 0.309 e. The maximum atomic E-state index is 12.6. The van der Waals surface area contributed by atoms with Crippen molar-refractivity contribution in [2.24, 2.45) is 5.92 Å². The van der Waals surface area contributed by atoms with Crippen LogP contribution in [0.1, 0.15) is 30.9 Å². The Bertz CT molecular complexity index is 841. The molecule has 1 saturated heterocycles. The molecule has 0 spiro atoms. The molecule has 3 rings (SSSR count). The van der Waals surface area contributed by atoms with Gasteiger partial charge in [-0.3, -0.25) is 14.2 Å². The summed E-state index contributed by atoms with van der Waals surface area (Å²) < 4.78 is 7.10. The number of aromatic nitrogens is 2. The second-order valence-corrected chi connectivity index (χ2v) is 7.99. The first kappa shape index (κ1) is 20.5. The van der Waals surface area contributed by atoms with Crippen molar-refractivity contribution in [3.05, 3.63) is 41.7 Å². The molecule has 2 heterocycles. The second-order valence-electron chi connectivity index (χ2n) is 7.04. The molecule has 1 aliphatic rings. The number of imidazole rings is 1. The van der Waals surface area contributed by atoms with Crippen molar-refractivity contribution >= 4 is 23.6 Å². The van der Waals surface area contributed by atoms with Gasteiger partial charge in [0, 0.05) is 31.2 Å². The maximum absolute atomic E-state index is 12.6. The Morgan fingerprint density at radius 1 is 1.21 bits per heavy atom. The summed E-state index contributed by atoms with van der Waals surface area (Å²) >= 11 is 1.44. The number of esters is 1. The largest absolute Gasteiger partial charge is 0.466 e. The lowest BCUT2D eigenvalue weighted by Crippen LogP contribution is -2.41. The number of thioether (sulfide) groups is 1. The van der Waals surface area contributed by atoms with Crippen LogP contribution in [0.15, 0.2) is 35.7 Å². The van der Waals surface area contributed by atoms with Crippen LogP contribution < -0.4 is 0 Å². The van der Waals surface area contributed by atoms with Gasteiger partial charge in [0.15, 0.2) is 5.16 Å². The molecule has 28 heavy (non-hydrogen) atoms. The minimum Gasteiger partial charge on any atom is -0.466 e. The highest BCUT2D eigenvalue weighted by Crippen LogP contribution is 2.24. The lowest BCUT2D eigenvalue weighted by molar-refractivity contribution is -0.151. The minimum atomic E-state index is -0.139. The number of hydrogen-bond acceptors (Lipinski definition) is 5. The molecule has 0 aliphatic carbocycles. The molecule has 0 N–H and O–H groups in total. The second kappa shape index (κ2) is 9.28. The molecular weight excluding hydrogens is 374 g/mol. The fraction of sp³-hybridized carbons (Fsp3) is 0.476. The van der Waals surface area contributed by atoms with E-state index in [-0.39, 0.29) is 17.8 Å². The normalized spacial score (nSPS) is 14.9. The minimum absolute atomic E-state index is 0.0830. The van der Waals surface area contributed by atoms with Gasteiger partial charge < -0.3 is 9.64 Å². The molecule has 1 aliphatic heterocycles. The summed E-state index contributed by atoms with van der Waals surface area (Å²) in [6.07, 6.45) is 5.02. The Labute approximate surface area is 170 Å². The number of piperidine rings is 1. The van der Waals surface area contributed by atoms with Crippen LogP contribution in [-0.4, -0.2) is 51.8 Å². The highest BCUT2D eigenvalue weighted by molar-refractivity contribution is 7.99. The number of benzene rings is 1. The van der Waals surface area contributed by atoms with Crippen LogP contribution in [0, 0.1) is 19.8 Å². The third-order valence-corrected chi connectivity index (χ3v) is 6.12. The van der Waals surface area contributed by atoms with Crippen LogP contribution >= 0.6 is 11.8 Å². The molecule has 7 heteroatoms. The first-order valence-electron chi connectivity index (χ1n) is 9.67. The summed E-state index contributed by atoms with van der Waals surface area (Å²) in [5.74, 6) is 0.202. The molecule has 0 atom stereocenters. The Morgan fingerprint density at radius 2 is 1.96 bits per heavy atom. The van der Waals surface area contributed by atoms with Crippen LogP contribution in [0.25, 0.3) is 5.69 Å². The van der Waals surface area contributed by atoms with E-state index < -0.39 is 0 Å². The summed E-state index contributed by atoms with van der Waals surface area (Å²) in [4.78, 5) is 30.7. The lowest BCUT2D eigenvalue weighted by Gasteiger charge is -2.30. The van der Waals surface area contributed by atoms with Gasteiger partial charge in [0.1, 0.15) is 0 Å². The van der Waals surface area contributed by atoms with E-state index in [9.17, 15) is 9.59 Å². The van der Waals surface area contributed by atoms with Gasteiger partial charge in [-0.15, -0.1) is 0 Å². The van der Waals surface area contributed by atoms with Gasteiger partial charge >= 0.3 is 5.97 Å². The highest BCUT2D eigenvalue weighted by Gasteiger charge is 2.28. The van der Waals surface area contributed by atoms with Crippen LogP contribution in [0.2, 0.25) is 0 Å². The molecule has 150 valence electrons. The van der Waals surface area contributed by atoms with E-state index in [2.05, 4.69) is 37.0 Å². The molecule has 0 radical (unpaired) electrons. The monoisotopic (exact) mass is 401 g/mol. The van der Waals surface area contributed by atoms with E-state index in [0.29, 0.717) is 38.3 Å². The standard InChI is InChI=1S/C21H27N3O3S/c1-4-27-20(26)17-7-10-23(11-8-17)19(25)14-28-21-22-9-12-24(21)18-6-5-15(2)16(3)13-18/h5-6,9,12-13,17H,4,7-8,10-11,14H2,1-3H3. The zero-order valence-electron chi connectivity index (χ0n) is 16.7. The third kappa shape index (κ3) is 4.76. The SMILES string of the molecule is CCOC(=O)C1CCN(C(=O)CSc2nccn2-c2ccc(C)c(C)c2)CC1. The summed E-state index contributed by atoms with van der Waals surface area (Å²) in [5, 5.41) is 0.804. The number of aryl methyl sites for hydroxylation is 2. The summed E-state index contributed by atoms with van der Waals surface area (Å²) in [5.41, 5.74) is 3.52. The first-order valence-corrected chi connectivity index (χ1v) is 10.7. The van der Waals surface area contributed by atoms with E-state index >= 15 is 0 Å². The average molecular weight is 402 g/mol. The quantitative estimate of drug-likeness (QED) is 0.548. The number of ether oxygens (including phenoxy) is 1. The predicted octanol–water partition coefficient (Wildman–Crippen LogP) is 3.38. The third-order valence-electron chi connectivity index (χ3n) is 5.17. The van der Waals surface area contributed by atoms with Crippen LogP contribution in [0.4, 0.5) is 0 Å². The van der Waals surface area contributed by atoms with Crippen molar-refractivity contribution in [1.29, 1.82) is 0 Å². The molecule has 1 aromatic heterocycles. The number of carbonyl (C=O) groups is 2. The van der Waals surface area contributed by atoms with Gasteiger partial charge in [-0.05, 0) is 56.9 Å². The first-order chi connectivity index (χ1) is 13.5. The number of rotatable bonds is 6.